The molecule has 0 saturated heterocycles. The van der Waals surface area contributed by atoms with Crippen molar-refractivity contribution >= 4 is 11.7 Å². The summed E-state index contributed by atoms with van der Waals surface area (Å²) in [4.78, 5) is 11.7. The number of benzene rings is 2. The fraction of sp³-hybridized carbons (Fsp3) is 0.235. The highest BCUT2D eigenvalue weighted by molar-refractivity contribution is 5.95. The number of anilines is 1. The SMILES string of the molecule is COC(=O)c1ccccc1NC(C)c1cccc(C)c1. The van der Waals surface area contributed by atoms with Gasteiger partial charge in [-0.05, 0) is 31.5 Å². The molecular formula is C17H19NO2. The molecule has 1 N–H and O–H groups in total. The zero-order chi connectivity index (χ0) is 14.5. The predicted octanol–water partition coefficient (Wildman–Crippen LogP) is 3.95. The first-order valence-corrected chi connectivity index (χ1v) is 6.62. The summed E-state index contributed by atoms with van der Waals surface area (Å²) < 4.78 is 4.80. The molecule has 0 aliphatic carbocycles. The van der Waals surface area contributed by atoms with E-state index < -0.39 is 0 Å². The first kappa shape index (κ1) is 14.1. The number of methoxy groups -OCH3 is 1. The first-order chi connectivity index (χ1) is 9.61. The van der Waals surface area contributed by atoms with Gasteiger partial charge >= 0.3 is 5.97 Å². The lowest BCUT2D eigenvalue weighted by Gasteiger charge is -2.18. The number of rotatable bonds is 4. The molecule has 0 fully saturated rings. The monoisotopic (exact) mass is 269 g/mol. The molecule has 0 aliphatic rings. The third kappa shape index (κ3) is 3.18. The summed E-state index contributed by atoms with van der Waals surface area (Å²) >= 11 is 0. The molecule has 0 heterocycles. The molecule has 0 aliphatic heterocycles. The van der Waals surface area contributed by atoms with Crippen LogP contribution in [0.4, 0.5) is 5.69 Å². The zero-order valence-electron chi connectivity index (χ0n) is 12.0. The quantitative estimate of drug-likeness (QED) is 0.854. The van der Waals surface area contributed by atoms with E-state index in [9.17, 15) is 4.79 Å². The van der Waals surface area contributed by atoms with Crippen LogP contribution in [0.5, 0.6) is 0 Å². The minimum atomic E-state index is -0.329. The third-order valence-corrected chi connectivity index (χ3v) is 3.25. The van der Waals surface area contributed by atoms with E-state index in [0.29, 0.717) is 5.56 Å². The van der Waals surface area contributed by atoms with Crippen LogP contribution in [0.15, 0.2) is 48.5 Å². The molecule has 3 nitrogen and oxygen atoms in total. The number of hydrogen-bond donors (Lipinski definition) is 1. The van der Waals surface area contributed by atoms with Gasteiger partial charge in [0.2, 0.25) is 0 Å². The van der Waals surface area contributed by atoms with Crippen molar-refractivity contribution < 1.29 is 9.53 Å². The van der Waals surface area contributed by atoms with Gasteiger partial charge in [-0.25, -0.2) is 4.79 Å². The summed E-state index contributed by atoms with van der Waals surface area (Å²) in [6.07, 6.45) is 0. The van der Waals surface area contributed by atoms with Gasteiger partial charge in [0.1, 0.15) is 0 Å². The van der Waals surface area contributed by atoms with E-state index in [0.717, 1.165) is 5.69 Å². The molecule has 3 heteroatoms. The van der Waals surface area contributed by atoms with Crippen LogP contribution in [-0.4, -0.2) is 13.1 Å². The Morgan fingerprint density at radius 3 is 2.60 bits per heavy atom. The van der Waals surface area contributed by atoms with Crippen molar-refractivity contribution in [3.05, 3.63) is 65.2 Å². The van der Waals surface area contributed by atoms with Crippen LogP contribution in [0.3, 0.4) is 0 Å². The molecule has 0 radical (unpaired) electrons. The van der Waals surface area contributed by atoms with Crippen molar-refractivity contribution in [1.82, 2.24) is 0 Å². The second-order valence-corrected chi connectivity index (χ2v) is 4.82. The molecular weight excluding hydrogens is 250 g/mol. The number of para-hydroxylation sites is 1. The summed E-state index contributed by atoms with van der Waals surface area (Å²) in [6.45, 7) is 4.14. The Bertz CT molecular complexity index is 607. The topological polar surface area (TPSA) is 38.3 Å². The van der Waals surface area contributed by atoms with E-state index in [4.69, 9.17) is 4.74 Å². The largest absolute Gasteiger partial charge is 0.465 e. The molecule has 2 rings (SSSR count). The van der Waals surface area contributed by atoms with E-state index >= 15 is 0 Å². The maximum Gasteiger partial charge on any atom is 0.339 e. The predicted molar refractivity (Wildman–Crippen MR) is 81.0 cm³/mol. The van der Waals surface area contributed by atoms with Gasteiger partial charge in [-0.2, -0.15) is 0 Å². The number of aryl methyl sites for hydroxylation is 1. The Kier molecular flexibility index (Phi) is 4.41. The second-order valence-electron chi connectivity index (χ2n) is 4.82. The van der Waals surface area contributed by atoms with Gasteiger partial charge in [0.05, 0.1) is 12.7 Å². The van der Waals surface area contributed by atoms with Crippen molar-refractivity contribution in [3.8, 4) is 0 Å². The minimum Gasteiger partial charge on any atom is -0.465 e. The lowest BCUT2D eigenvalue weighted by Crippen LogP contribution is -2.11. The van der Waals surface area contributed by atoms with Crippen LogP contribution in [0.25, 0.3) is 0 Å². The summed E-state index contributed by atoms with van der Waals surface area (Å²) in [5, 5.41) is 3.37. The van der Waals surface area contributed by atoms with Crippen LogP contribution in [-0.2, 0) is 4.74 Å². The van der Waals surface area contributed by atoms with Gasteiger partial charge in [-0.1, -0.05) is 42.0 Å². The van der Waals surface area contributed by atoms with E-state index in [1.54, 1.807) is 6.07 Å². The summed E-state index contributed by atoms with van der Waals surface area (Å²) in [6, 6.07) is 15.8. The molecule has 0 aromatic heterocycles. The normalized spacial score (nSPS) is 11.8. The second kappa shape index (κ2) is 6.24. The van der Waals surface area contributed by atoms with Crippen molar-refractivity contribution in [3.63, 3.8) is 0 Å². The lowest BCUT2D eigenvalue weighted by atomic mass is 10.0. The highest BCUT2D eigenvalue weighted by Crippen LogP contribution is 2.23. The Balaban J connectivity index is 2.24. The van der Waals surface area contributed by atoms with Crippen LogP contribution in [0.1, 0.15) is 34.5 Å². The van der Waals surface area contributed by atoms with Crippen molar-refractivity contribution in [2.45, 2.75) is 19.9 Å². The zero-order valence-corrected chi connectivity index (χ0v) is 12.0. The van der Waals surface area contributed by atoms with Gasteiger partial charge in [-0.3, -0.25) is 0 Å². The van der Waals surface area contributed by atoms with E-state index in [1.807, 2.05) is 24.3 Å². The number of esters is 1. The van der Waals surface area contributed by atoms with Gasteiger partial charge < -0.3 is 10.1 Å². The Morgan fingerprint density at radius 2 is 1.90 bits per heavy atom. The Hall–Kier alpha value is -2.29. The van der Waals surface area contributed by atoms with E-state index in [2.05, 4.69) is 37.4 Å². The summed E-state index contributed by atoms with van der Waals surface area (Å²) in [5.41, 5.74) is 3.74. The maximum atomic E-state index is 11.7. The standard InChI is InChI=1S/C17H19NO2/c1-12-7-6-8-14(11-12)13(2)18-16-10-5-4-9-15(16)17(19)20-3/h4-11,13,18H,1-3H3. The lowest BCUT2D eigenvalue weighted by molar-refractivity contribution is 0.0602. The van der Waals surface area contributed by atoms with E-state index in [-0.39, 0.29) is 12.0 Å². The minimum absolute atomic E-state index is 0.112. The Labute approximate surface area is 119 Å². The fourth-order valence-corrected chi connectivity index (χ4v) is 2.15. The highest BCUT2D eigenvalue weighted by Gasteiger charge is 2.13. The first-order valence-electron chi connectivity index (χ1n) is 6.62. The van der Waals surface area contributed by atoms with Crippen molar-refractivity contribution in [1.29, 1.82) is 0 Å². The van der Waals surface area contributed by atoms with Gasteiger partial charge in [0.25, 0.3) is 0 Å². The molecule has 0 spiro atoms. The van der Waals surface area contributed by atoms with Gasteiger partial charge in [0, 0.05) is 11.7 Å². The smallest absolute Gasteiger partial charge is 0.339 e. The molecule has 2 aromatic rings. The molecule has 0 amide bonds. The molecule has 0 saturated carbocycles. The number of hydrogen-bond acceptors (Lipinski definition) is 3. The number of carbonyl (C=O) groups is 1. The molecule has 1 atom stereocenters. The van der Waals surface area contributed by atoms with Crippen LogP contribution >= 0.6 is 0 Å². The van der Waals surface area contributed by atoms with Gasteiger partial charge in [-0.15, -0.1) is 0 Å². The molecule has 20 heavy (non-hydrogen) atoms. The summed E-state index contributed by atoms with van der Waals surface area (Å²) in [7, 11) is 1.39. The fourth-order valence-electron chi connectivity index (χ4n) is 2.15. The average molecular weight is 269 g/mol. The maximum absolute atomic E-state index is 11.7. The van der Waals surface area contributed by atoms with E-state index in [1.165, 1.54) is 18.2 Å². The molecule has 2 aromatic carbocycles. The van der Waals surface area contributed by atoms with Crippen LogP contribution in [0.2, 0.25) is 0 Å². The number of ether oxygens (including phenoxy) is 1. The van der Waals surface area contributed by atoms with Gasteiger partial charge in [0.15, 0.2) is 0 Å². The molecule has 104 valence electrons. The van der Waals surface area contributed by atoms with Crippen LogP contribution in [0, 0.1) is 6.92 Å². The number of carbonyl (C=O) groups excluding carboxylic acids is 1. The molecule has 0 bridgehead atoms. The Morgan fingerprint density at radius 1 is 1.15 bits per heavy atom. The van der Waals surface area contributed by atoms with Crippen molar-refractivity contribution in [2.75, 3.05) is 12.4 Å². The summed E-state index contributed by atoms with van der Waals surface area (Å²) in [5.74, 6) is -0.329. The molecule has 1 unspecified atom stereocenters. The van der Waals surface area contributed by atoms with Crippen molar-refractivity contribution in [2.24, 2.45) is 0 Å². The van der Waals surface area contributed by atoms with Crippen LogP contribution < -0.4 is 5.32 Å². The average Bonchev–Trinajstić information content (AvgIpc) is 2.47. The number of nitrogens with one attached hydrogen (secondary N) is 1. The highest BCUT2D eigenvalue weighted by atomic mass is 16.5. The third-order valence-electron chi connectivity index (χ3n) is 3.25.